The van der Waals surface area contributed by atoms with Gasteiger partial charge in [-0.25, -0.2) is 4.79 Å². The van der Waals surface area contributed by atoms with Crippen LogP contribution >= 0.6 is 11.5 Å². The molecule has 1 saturated heterocycles. The zero-order valence-corrected chi connectivity index (χ0v) is 15.3. The summed E-state index contributed by atoms with van der Waals surface area (Å²) in [6.45, 7) is 2.91. The second-order valence-corrected chi connectivity index (χ2v) is 6.94. The highest BCUT2D eigenvalue weighted by Gasteiger charge is 2.23. The number of urea groups is 1. The Kier molecular flexibility index (Phi) is 4.62. The van der Waals surface area contributed by atoms with Crippen molar-refractivity contribution in [2.45, 2.75) is 0 Å². The van der Waals surface area contributed by atoms with Crippen molar-refractivity contribution in [2.75, 3.05) is 43.5 Å². The van der Waals surface area contributed by atoms with Crippen molar-refractivity contribution in [3.63, 3.8) is 0 Å². The molecule has 0 bridgehead atoms. The summed E-state index contributed by atoms with van der Waals surface area (Å²) < 4.78 is 10.9. The summed E-state index contributed by atoms with van der Waals surface area (Å²) in [6.07, 6.45) is 0. The summed E-state index contributed by atoms with van der Waals surface area (Å²) in [7, 11) is 1.62. The minimum Gasteiger partial charge on any atom is -0.497 e. The molecule has 0 aliphatic carbocycles. The Morgan fingerprint density at radius 3 is 2.54 bits per heavy atom. The van der Waals surface area contributed by atoms with E-state index in [2.05, 4.69) is 26.7 Å². The molecular weight excluding hydrogens is 348 g/mol. The van der Waals surface area contributed by atoms with Gasteiger partial charge in [-0.2, -0.15) is 4.37 Å². The second-order valence-electron chi connectivity index (χ2n) is 6.14. The van der Waals surface area contributed by atoms with Crippen molar-refractivity contribution in [3.05, 3.63) is 48.5 Å². The van der Waals surface area contributed by atoms with E-state index in [9.17, 15) is 4.79 Å². The first kappa shape index (κ1) is 16.7. The fraction of sp³-hybridized carbons (Fsp3) is 0.263. The van der Waals surface area contributed by atoms with E-state index in [1.165, 1.54) is 21.6 Å². The van der Waals surface area contributed by atoms with Gasteiger partial charge in [-0.1, -0.05) is 12.1 Å². The molecule has 2 amide bonds. The van der Waals surface area contributed by atoms with Gasteiger partial charge in [0, 0.05) is 37.3 Å². The number of hydrogen-bond donors (Lipinski definition) is 1. The summed E-state index contributed by atoms with van der Waals surface area (Å²) in [5.41, 5.74) is 0.767. The second kappa shape index (κ2) is 7.21. The fourth-order valence-electron chi connectivity index (χ4n) is 3.10. The number of aromatic nitrogens is 1. The maximum Gasteiger partial charge on any atom is 0.321 e. The van der Waals surface area contributed by atoms with Crippen LogP contribution in [0.3, 0.4) is 0 Å². The number of anilines is 2. The number of amides is 2. The van der Waals surface area contributed by atoms with E-state index in [-0.39, 0.29) is 6.03 Å². The predicted molar refractivity (Wildman–Crippen MR) is 105 cm³/mol. The zero-order chi connectivity index (χ0) is 17.9. The Morgan fingerprint density at radius 2 is 1.81 bits per heavy atom. The van der Waals surface area contributed by atoms with Gasteiger partial charge in [-0.3, -0.25) is 0 Å². The predicted octanol–water partition coefficient (Wildman–Crippen LogP) is 3.66. The van der Waals surface area contributed by atoms with Gasteiger partial charge in [-0.15, -0.1) is 0 Å². The summed E-state index contributed by atoms with van der Waals surface area (Å²) >= 11 is 1.52. The third-order valence-corrected chi connectivity index (χ3v) is 5.38. The number of hydrogen-bond acceptors (Lipinski definition) is 5. The first-order valence-corrected chi connectivity index (χ1v) is 9.31. The Hall–Kier alpha value is -2.80. The number of nitrogens with one attached hydrogen (secondary N) is 1. The molecule has 134 valence electrons. The summed E-state index contributed by atoms with van der Waals surface area (Å²) in [5, 5.41) is 4.13. The van der Waals surface area contributed by atoms with E-state index in [1.807, 2.05) is 41.3 Å². The number of fused-ring (bicyclic) bond motifs is 1. The Morgan fingerprint density at radius 1 is 1.08 bits per heavy atom. The van der Waals surface area contributed by atoms with Crippen LogP contribution in [0.4, 0.5) is 16.3 Å². The van der Waals surface area contributed by atoms with Crippen LogP contribution in [0.15, 0.2) is 48.5 Å². The number of piperazine rings is 1. The lowest BCUT2D eigenvalue weighted by atomic mass is 10.2. The van der Waals surface area contributed by atoms with Crippen LogP contribution in [0.1, 0.15) is 0 Å². The van der Waals surface area contributed by atoms with Gasteiger partial charge < -0.3 is 19.9 Å². The molecule has 3 aromatic rings. The largest absolute Gasteiger partial charge is 0.497 e. The van der Waals surface area contributed by atoms with Crippen molar-refractivity contribution < 1.29 is 9.53 Å². The van der Waals surface area contributed by atoms with Crippen LogP contribution in [0.5, 0.6) is 5.75 Å². The van der Waals surface area contributed by atoms with E-state index >= 15 is 0 Å². The van der Waals surface area contributed by atoms with Crippen molar-refractivity contribution in [1.82, 2.24) is 9.27 Å². The van der Waals surface area contributed by atoms with Gasteiger partial charge in [0.15, 0.2) is 0 Å². The monoisotopic (exact) mass is 368 g/mol. The molecule has 1 aliphatic rings. The third kappa shape index (κ3) is 3.30. The first-order valence-electron chi connectivity index (χ1n) is 8.54. The van der Waals surface area contributed by atoms with Crippen LogP contribution in [0.25, 0.3) is 10.1 Å². The van der Waals surface area contributed by atoms with Gasteiger partial charge in [0.2, 0.25) is 0 Å². The highest BCUT2D eigenvalue weighted by atomic mass is 32.1. The average Bonchev–Trinajstić information content (AvgIpc) is 3.13. The van der Waals surface area contributed by atoms with Crippen molar-refractivity contribution in [3.8, 4) is 5.75 Å². The number of carbonyl (C=O) groups is 1. The molecule has 1 fully saturated rings. The Bertz CT molecular complexity index is 901. The number of benzene rings is 2. The Labute approximate surface area is 156 Å². The van der Waals surface area contributed by atoms with Gasteiger partial charge in [0.25, 0.3) is 0 Å². The summed E-state index contributed by atoms with van der Waals surface area (Å²) in [6, 6.07) is 15.6. The summed E-state index contributed by atoms with van der Waals surface area (Å²) in [5.74, 6) is 1.80. The lowest BCUT2D eigenvalue weighted by Crippen LogP contribution is -2.50. The van der Waals surface area contributed by atoms with Crippen LogP contribution in [0, 0.1) is 0 Å². The molecule has 1 aliphatic heterocycles. The smallest absolute Gasteiger partial charge is 0.321 e. The van der Waals surface area contributed by atoms with E-state index in [4.69, 9.17) is 4.74 Å². The summed E-state index contributed by atoms with van der Waals surface area (Å²) in [4.78, 5) is 16.6. The molecule has 1 N–H and O–H groups in total. The van der Waals surface area contributed by atoms with Gasteiger partial charge in [0.1, 0.15) is 11.6 Å². The number of nitrogens with zero attached hydrogens (tertiary/aromatic N) is 3. The highest BCUT2D eigenvalue weighted by Crippen LogP contribution is 2.29. The van der Waals surface area contributed by atoms with Crippen LogP contribution in [-0.4, -0.2) is 48.6 Å². The maximum absolute atomic E-state index is 12.5. The van der Waals surface area contributed by atoms with Crippen LogP contribution in [0.2, 0.25) is 0 Å². The molecule has 0 spiro atoms. The van der Waals surface area contributed by atoms with Crippen LogP contribution in [-0.2, 0) is 0 Å². The first-order chi connectivity index (χ1) is 12.7. The number of methoxy groups -OCH3 is 1. The fourth-order valence-corrected chi connectivity index (χ4v) is 3.89. The van der Waals surface area contributed by atoms with Crippen molar-refractivity contribution in [1.29, 1.82) is 0 Å². The van der Waals surface area contributed by atoms with Crippen molar-refractivity contribution in [2.24, 2.45) is 0 Å². The molecule has 0 atom stereocenters. The molecule has 0 unspecified atom stereocenters. The lowest BCUT2D eigenvalue weighted by Gasteiger charge is -2.35. The number of rotatable bonds is 3. The van der Waals surface area contributed by atoms with Gasteiger partial charge >= 0.3 is 6.03 Å². The van der Waals surface area contributed by atoms with E-state index < -0.39 is 0 Å². The molecular formula is C19H20N4O2S. The van der Waals surface area contributed by atoms with E-state index in [0.29, 0.717) is 13.1 Å². The molecule has 7 heteroatoms. The SMILES string of the molecule is COc1ccc(NC(=O)N2CCN(c3nsc4ccccc34)CC2)cc1. The zero-order valence-electron chi connectivity index (χ0n) is 14.5. The van der Waals surface area contributed by atoms with E-state index in [1.54, 1.807) is 7.11 Å². The normalized spacial score (nSPS) is 14.5. The number of carbonyl (C=O) groups excluding carboxylic acids is 1. The highest BCUT2D eigenvalue weighted by molar-refractivity contribution is 7.13. The lowest BCUT2D eigenvalue weighted by molar-refractivity contribution is 0.208. The van der Waals surface area contributed by atoms with Gasteiger partial charge in [0.05, 0.1) is 11.8 Å². The van der Waals surface area contributed by atoms with Crippen LogP contribution < -0.4 is 15.0 Å². The molecule has 6 nitrogen and oxygen atoms in total. The third-order valence-electron chi connectivity index (χ3n) is 4.57. The van der Waals surface area contributed by atoms with Crippen molar-refractivity contribution >= 4 is 39.2 Å². The standard InChI is InChI=1S/C19H20N4O2S/c1-25-15-8-6-14(7-9-15)20-19(24)23-12-10-22(11-13-23)18-16-4-2-3-5-17(16)26-21-18/h2-9H,10-13H2,1H3,(H,20,24). The van der Waals surface area contributed by atoms with Gasteiger partial charge in [-0.05, 0) is 47.9 Å². The molecule has 4 rings (SSSR count). The molecule has 0 radical (unpaired) electrons. The molecule has 26 heavy (non-hydrogen) atoms. The molecule has 2 heterocycles. The van der Waals surface area contributed by atoms with E-state index in [0.717, 1.165) is 30.3 Å². The average molecular weight is 368 g/mol. The topological polar surface area (TPSA) is 57.7 Å². The minimum absolute atomic E-state index is 0.0713. The molecule has 0 saturated carbocycles. The maximum atomic E-state index is 12.5. The molecule has 2 aromatic carbocycles. The molecule has 1 aromatic heterocycles. The Balaban J connectivity index is 1.37. The minimum atomic E-state index is -0.0713. The quantitative estimate of drug-likeness (QED) is 0.767. The number of ether oxygens (including phenoxy) is 1.